The van der Waals surface area contributed by atoms with Crippen LogP contribution in [0.25, 0.3) is 0 Å². The molecule has 0 amide bonds. The molecule has 0 spiro atoms. The van der Waals surface area contributed by atoms with Gasteiger partial charge in [-0.1, -0.05) is 0 Å². The molecule has 4 atom stereocenters. The summed E-state index contributed by atoms with van der Waals surface area (Å²) in [6.45, 7) is 1.10. The molecule has 2 heterocycles. The molecule has 1 aromatic heterocycles. The van der Waals surface area contributed by atoms with E-state index in [4.69, 9.17) is 20.3 Å². The molecule has 1 aliphatic rings. The molecule has 2 rings (SSSR count). The first kappa shape index (κ1) is 14.7. The molecule has 0 saturated carbocycles. The van der Waals surface area contributed by atoms with E-state index < -0.39 is 36.8 Å². The average molecular weight is 287 g/mol. The smallest absolute Gasteiger partial charge is 0.354 e. The monoisotopic (exact) mass is 287 g/mol. The van der Waals surface area contributed by atoms with Crippen molar-refractivity contribution < 1.29 is 24.8 Å². The summed E-state index contributed by atoms with van der Waals surface area (Å²) in [5.74, 6) is 0.0900. The molecule has 112 valence electrons. The number of aromatic nitrogens is 2. The number of rotatable bonds is 3. The Morgan fingerprint density at radius 1 is 1.45 bits per heavy atom. The van der Waals surface area contributed by atoms with E-state index >= 15 is 0 Å². The van der Waals surface area contributed by atoms with Gasteiger partial charge in [0.15, 0.2) is 6.23 Å². The summed E-state index contributed by atoms with van der Waals surface area (Å²) in [4.78, 5) is 15.6. The Morgan fingerprint density at radius 3 is 2.60 bits per heavy atom. The molecule has 9 heteroatoms. The number of nitrogens with two attached hydrogens (primary N) is 1. The Kier molecular flexibility index (Phi) is 3.95. The maximum atomic E-state index is 12.0. The highest BCUT2D eigenvalue weighted by Gasteiger charge is 2.45. The third-order valence-electron chi connectivity index (χ3n) is 3.31. The van der Waals surface area contributed by atoms with Crippen LogP contribution in [0.4, 0.5) is 5.82 Å². The van der Waals surface area contributed by atoms with Crippen molar-refractivity contribution >= 4 is 5.82 Å². The molecule has 0 aliphatic carbocycles. The van der Waals surface area contributed by atoms with E-state index in [1.807, 2.05) is 0 Å². The fourth-order valence-corrected chi connectivity index (χ4v) is 2.19. The molecule has 9 nitrogen and oxygen atoms in total. The predicted octanol–water partition coefficient (Wildman–Crippen LogP) is -2.25. The Balaban J connectivity index is 2.54. The van der Waals surface area contributed by atoms with Gasteiger partial charge in [0.2, 0.25) is 5.88 Å². The lowest BCUT2D eigenvalue weighted by Crippen LogP contribution is -2.37. The van der Waals surface area contributed by atoms with E-state index in [0.717, 1.165) is 4.57 Å². The first-order valence-electron chi connectivity index (χ1n) is 5.97. The minimum Gasteiger partial charge on any atom is -0.482 e. The molecular weight excluding hydrogens is 270 g/mol. The van der Waals surface area contributed by atoms with Crippen molar-refractivity contribution in [1.29, 1.82) is 0 Å². The van der Waals surface area contributed by atoms with Gasteiger partial charge < -0.3 is 30.5 Å². The predicted molar refractivity (Wildman–Crippen MR) is 67.2 cm³/mol. The van der Waals surface area contributed by atoms with E-state index in [1.165, 1.54) is 7.11 Å². The van der Waals surface area contributed by atoms with Gasteiger partial charge in [0.05, 0.1) is 19.3 Å². The Hall–Kier alpha value is -1.68. The highest BCUT2D eigenvalue weighted by Crippen LogP contribution is 2.32. The number of aliphatic hydroxyl groups excluding tert-OH is 3. The number of aliphatic hydroxyl groups is 3. The minimum atomic E-state index is -1.40. The average Bonchev–Trinajstić information content (AvgIpc) is 2.70. The second kappa shape index (κ2) is 5.37. The summed E-state index contributed by atoms with van der Waals surface area (Å²) in [7, 11) is 1.33. The number of anilines is 1. The number of ether oxygens (including phenoxy) is 2. The van der Waals surface area contributed by atoms with Crippen LogP contribution in [0.1, 0.15) is 11.8 Å². The lowest BCUT2D eigenvalue weighted by atomic mass is 10.1. The molecule has 1 aromatic rings. The fourth-order valence-electron chi connectivity index (χ4n) is 2.19. The Bertz CT molecular complexity index is 560. The maximum Gasteiger partial charge on any atom is 0.354 e. The highest BCUT2D eigenvalue weighted by molar-refractivity contribution is 5.44. The van der Waals surface area contributed by atoms with Gasteiger partial charge in [0.1, 0.15) is 24.1 Å². The number of hydrogen-bond donors (Lipinski definition) is 4. The SMILES string of the molecule is COc1c(C)c(N)nc(=O)n1C1O[C@H](CO)[C@@H](O)[C@H]1O. The number of hydrogen-bond acceptors (Lipinski definition) is 8. The van der Waals surface area contributed by atoms with Crippen LogP contribution in [0.15, 0.2) is 4.79 Å². The van der Waals surface area contributed by atoms with Gasteiger partial charge in [-0.25, -0.2) is 9.36 Å². The lowest BCUT2D eigenvalue weighted by molar-refractivity contribution is -0.0578. The first-order chi connectivity index (χ1) is 9.42. The van der Waals surface area contributed by atoms with Gasteiger partial charge in [-0.15, -0.1) is 0 Å². The van der Waals surface area contributed by atoms with Crippen LogP contribution in [-0.2, 0) is 4.74 Å². The van der Waals surface area contributed by atoms with Crippen LogP contribution in [0.5, 0.6) is 5.88 Å². The standard InChI is InChI=1S/C11H17N3O6/c1-4-8(12)13-11(18)14(9(4)19-2)10-7(17)6(16)5(3-15)20-10/h5-7,10,15-17H,3H2,1-2H3,(H2,12,13,18)/t5-,6-,7-,10?/m1/s1. The summed E-state index contributed by atoms with van der Waals surface area (Å²) < 4.78 is 11.4. The van der Waals surface area contributed by atoms with Crippen molar-refractivity contribution in [3.8, 4) is 5.88 Å². The molecule has 1 fully saturated rings. The van der Waals surface area contributed by atoms with Gasteiger partial charge in [0, 0.05) is 0 Å². The summed E-state index contributed by atoms with van der Waals surface area (Å²) >= 11 is 0. The van der Waals surface area contributed by atoms with Gasteiger partial charge in [-0.3, -0.25) is 0 Å². The van der Waals surface area contributed by atoms with Gasteiger partial charge in [-0.05, 0) is 6.92 Å². The fraction of sp³-hybridized carbons (Fsp3) is 0.636. The van der Waals surface area contributed by atoms with Crippen molar-refractivity contribution in [2.75, 3.05) is 19.5 Å². The van der Waals surface area contributed by atoms with E-state index in [2.05, 4.69) is 4.98 Å². The molecule has 0 radical (unpaired) electrons. The highest BCUT2D eigenvalue weighted by atomic mass is 16.6. The molecule has 5 N–H and O–H groups in total. The van der Waals surface area contributed by atoms with Crippen molar-refractivity contribution in [2.45, 2.75) is 31.5 Å². The van der Waals surface area contributed by atoms with Gasteiger partial charge in [-0.2, -0.15) is 4.98 Å². The lowest BCUT2D eigenvalue weighted by Gasteiger charge is -2.21. The topological polar surface area (TPSA) is 140 Å². The summed E-state index contributed by atoms with van der Waals surface area (Å²) in [5.41, 5.74) is 5.21. The minimum absolute atomic E-state index is 0.00911. The summed E-state index contributed by atoms with van der Waals surface area (Å²) in [6.07, 6.45) is -4.93. The van der Waals surface area contributed by atoms with Crippen LogP contribution < -0.4 is 16.2 Å². The number of nitrogens with zero attached hydrogens (tertiary/aromatic N) is 2. The molecule has 0 bridgehead atoms. The number of nitrogen functional groups attached to an aromatic ring is 1. The van der Waals surface area contributed by atoms with Crippen LogP contribution in [-0.4, -0.2) is 56.9 Å². The van der Waals surface area contributed by atoms with Gasteiger partial charge in [0.25, 0.3) is 0 Å². The quantitative estimate of drug-likeness (QED) is 0.489. The Labute approximate surface area is 114 Å². The molecule has 1 aliphatic heterocycles. The van der Waals surface area contributed by atoms with Crippen molar-refractivity contribution in [3.05, 3.63) is 16.0 Å². The first-order valence-corrected chi connectivity index (χ1v) is 5.97. The van der Waals surface area contributed by atoms with Crippen LogP contribution in [0.2, 0.25) is 0 Å². The van der Waals surface area contributed by atoms with Crippen molar-refractivity contribution in [1.82, 2.24) is 9.55 Å². The van der Waals surface area contributed by atoms with E-state index in [0.29, 0.717) is 5.56 Å². The molecule has 20 heavy (non-hydrogen) atoms. The molecular formula is C11H17N3O6. The molecule has 1 saturated heterocycles. The third-order valence-corrected chi connectivity index (χ3v) is 3.31. The third kappa shape index (κ3) is 2.14. The largest absolute Gasteiger partial charge is 0.482 e. The van der Waals surface area contributed by atoms with E-state index in [1.54, 1.807) is 6.92 Å². The van der Waals surface area contributed by atoms with Crippen molar-refractivity contribution in [3.63, 3.8) is 0 Å². The van der Waals surface area contributed by atoms with Crippen LogP contribution >= 0.6 is 0 Å². The summed E-state index contributed by atoms with van der Waals surface area (Å²) in [6, 6.07) is 0. The van der Waals surface area contributed by atoms with Crippen molar-refractivity contribution in [2.24, 2.45) is 0 Å². The van der Waals surface area contributed by atoms with E-state index in [-0.39, 0.29) is 11.7 Å². The Morgan fingerprint density at radius 2 is 2.10 bits per heavy atom. The van der Waals surface area contributed by atoms with Crippen LogP contribution in [0, 0.1) is 6.92 Å². The van der Waals surface area contributed by atoms with Crippen LogP contribution in [0.3, 0.4) is 0 Å². The number of methoxy groups -OCH3 is 1. The zero-order valence-electron chi connectivity index (χ0n) is 11.1. The summed E-state index contributed by atoms with van der Waals surface area (Å²) in [5, 5.41) is 28.8. The maximum absolute atomic E-state index is 12.0. The van der Waals surface area contributed by atoms with Gasteiger partial charge >= 0.3 is 5.69 Å². The molecule has 1 unspecified atom stereocenters. The second-order valence-corrected chi connectivity index (χ2v) is 4.51. The zero-order chi connectivity index (χ0) is 15.0. The molecule has 0 aromatic carbocycles. The second-order valence-electron chi connectivity index (χ2n) is 4.51. The normalized spacial score (nSPS) is 29.6. The zero-order valence-corrected chi connectivity index (χ0v) is 11.1. The van der Waals surface area contributed by atoms with E-state index in [9.17, 15) is 15.0 Å².